The largest absolute Gasteiger partial charge is 0.309 e. The van der Waals surface area contributed by atoms with E-state index in [4.69, 9.17) is 34.8 Å². The number of hydrogen-bond donors (Lipinski definition) is 0. The molecule has 1 heterocycles. The summed E-state index contributed by atoms with van der Waals surface area (Å²) in [5.41, 5.74) is 0. The van der Waals surface area contributed by atoms with E-state index in [1.807, 2.05) is 0 Å². The molecule has 0 radical (unpaired) electrons. The Morgan fingerprint density at radius 3 is 2.00 bits per heavy atom. The zero-order chi connectivity index (χ0) is 7.02. The standard InChI is InChI=1S/C4H3Cl3NS/c1-8-3(6)2(5)4(7)9-8/h1H3/q+1. The summed E-state index contributed by atoms with van der Waals surface area (Å²) in [6.07, 6.45) is 0. The molecule has 0 unspecified atom stereocenters. The lowest BCUT2D eigenvalue weighted by Gasteiger charge is -1.74. The smallest absolute Gasteiger partial charge is 0.123 e. The summed E-state index contributed by atoms with van der Waals surface area (Å²) in [5.74, 6) is 0. The molecule has 5 heteroatoms. The molecule has 1 nitrogen and oxygen atoms in total. The van der Waals surface area contributed by atoms with Crippen molar-refractivity contribution in [2.75, 3.05) is 0 Å². The molecular formula is C4H3Cl3NS+. The van der Waals surface area contributed by atoms with E-state index in [1.165, 1.54) is 11.5 Å². The highest BCUT2D eigenvalue weighted by Crippen LogP contribution is 2.30. The van der Waals surface area contributed by atoms with Crippen LogP contribution in [0, 0.1) is 0 Å². The van der Waals surface area contributed by atoms with Gasteiger partial charge in [0.25, 0.3) is 0 Å². The van der Waals surface area contributed by atoms with Crippen LogP contribution in [0.25, 0.3) is 0 Å². The molecule has 0 saturated heterocycles. The van der Waals surface area contributed by atoms with E-state index in [0.717, 1.165) is 0 Å². The first kappa shape index (κ1) is 7.61. The highest BCUT2D eigenvalue weighted by atomic mass is 35.5. The fourth-order valence-corrected chi connectivity index (χ4v) is 1.99. The van der Waals surface area contributed by atoms with Crippen LogP contribution < -0.4 is 3.96 Å². The summed E-state index contributed by atoms with van der Waals surface area (Å²) in [5, 5.41) is 0.928. The van der Waals surface area contributed by atoms with Crippen LogP contribution in [0.4, 0.5) is 0 Å². The molecule has 0 bridgehead atoms. The molecule has 0 aliphatic heterocycles. The fourth-order valence-electron chi connectivity index (χ4n) is 0.420. The molecule has 0 aliphatic carbocycles. The highest BCUT2D eigenvalue weighted by Gasteiger charge is 2.18. The van der Waals surface area contributed by atoms with E-state index in [0.29, 0.717) is 14.5 Å². The summed E-state index contributed by atoms with van der Waals surface area (Å²) in [7, 11) is 1.80. The molecule has 0 amide bonds. The third kappa shape index (κ3) is 1.32. The summed E-state index contributed by atoms with van der Waals surface area (Å²) in [6, 6.07) is 0. The quantitative estimate of drug-likeness (QED) is 0.571. The van der Waals surface area contributed by atoms with Gasteiger partial charge in [0.15, 0.2) is 27.9 Å². The number of halogens is 3. The monoisotopic (exact) mass is 202 g/mol. The molecule has 0 aromatic carbocycles. The van der Waals surface area contributed by atoms with E-state index >= 15 is 0 Å². The van der Waals surface area contributed by atoms with Crippen LogP contribution in [0.15, 0.2) is 0 Å². The van der Waals surface area contributed by atoms with Gasteiger partial charge in [-0.05, 0) is 11.6 Å². The van der Waals surface area contributed by atoms with Gasteiger partial charge in [-0.25, -0.2) is 0 Å². The highest BCUT2D eigenvalue weighted by molar-refractivity contribution is 7.08. The number of aromatic nitrogens is 1. The third-order valence-corrected chi connectivity index (χ3v) is 3.28. The third-order valence-electron chi connectivity index (χ3n) is 0.847. The van der Waals surface area contributed by atoms with E-state index in [2.05, 4.69) is 0 Å². The van der Waals surface area contributed by atoms with Crippen molar-refractivity contribution in [1.82, 2.24) is 0 Å². The Morgan fingerprint density at radius 2 is 1.89 bits per heavy atom. The first-order valence-corrected chi connectivity index (χ1v) is 4.03. The van der Waals surface area contributed by atoms with E-state index in [1.54, 1.807) is 11.0 Å². The second-order valence-corrected chi connectivity index (χ2v) is 3.94. The zero-order valence-electron chi connectivity index (χ0n) is 4.49. The minimum Gasteiger partial charge on any atom is -0.123 e. The molecule has 0 N–H and O–H groups in total. The topological polar surface area (TPSA) is 3.88 Å². The van der Waals surface area contributed by atoms with Crippen molar-refractivity contribution in [2.24, 2.45) is 7.05 Å². The SMILES string of the molecule is C[n+]1sc(Cl)c(Cl)c1Cl. The Kier molecular flexibility index (Phi) is 2.22. The molecule has 0 spiro atoms. The Balaban J connectivity index is 3.29. The average molecular weight is 204 g/mol. The number of nitrogens with zero attached hydrogens (tertiary/aromatic N) is 1. The van der Waals surface area contributed by atoms with Crippen molar-refractivity contribution in [3.63, 3.8) is 0 Å². The lowest BCUT2D eigenvalue weighted by molar-refractivity contribution is -0.598. The van der Waals surface area contributed by atoms with Crippen LogP contribution in [0.1, 0.15) is 0 Å². The molecule has 0 aliphatic rings. The van der Waals surface area contributed by atoms with Gasteiger partial charge in [0.05, 0.1) is 0 Å². The second kappa shape index (κ2) is 2.62. The van der Waals surface area contributed by atoms with Crippen molar-refractivity contribution in [3.05, 3.63) is 14.5 Å². The minimum absolute atomic E-state index is 0.436. The molecule has 50 valence electrons. The van der Waals surface area contributed by atoms with Gasteiger partial charge in [0, 0.05) is 0 Å². The zero-order valence-corrected chi connectivity index (χ0v) is 7.57. The van der Waals surface area contributed by atoms with E-state index < -0.39 is 0 Å². The number of rotatable bonds is 0. The summed E-state index contributed by atoms with van der Waals surface area (Å²) in [6.45, 7) is 0. The van der Waals surface area contributed by atoms with Crippen LogP contribution in [0.3, 0.4) is 0 Å². The summed E-state index contributed by atoms with van der Waals surface area (Å²) >= 11 is 18.2. The van der Waals surface area contributed by atoms with Crippen LogP contribution in [0.5, 0.6) is 0 Å². The molecule has 9 heavy (non-hydrogen) atoms. The van der Waals surface area contributed by atoms with Crippen LogP contribution in [-0.2, 0) is 7.05 Å². The molecule has 0 atom stereocenters. The van der Waals surface area contributed by atoms with Gasteiger partial charge in [-0.15, -0.1) is 3.96 Å². The minimum atomic E-state index is 0.436. The molecule has 0 fully saturated rings. The first-order valence-electron chi connectivity index (χ1n) is 2.12. The molecule has 1 rings (SSSR count). The van der Waals surface area contributed by atoms with Crippen LogP contribution >= 0.6 is 46.3 Å². The predicted octanol–water partition coefficient (Wildman–Crippen LogP) is 2.53. The summed E-state index contributed by atoms with van der Waals surface area (Å²) in [4.78, 5) is 0. The van der Waals surface area contributed by atoms with Crippen molar-refractivity contribution in [1.29, 1.82) is 0 Å². The molecule has 0 saturated carbocycles. The fraction of sp³-hybridized carbons (Fsp3) is 0.250. The van der Waals surface area contributed by atoms with Crippen molar-refractivity contribution >= 4 is 46.3 Å². The van der Waals surface area contributed by atoms with E-state index in [-0.39, 0.29) is 0 Å². The maximum Gasteiger partial charge on any atom is 0.309 e. The van der Waals surface area contributed by atoms with Gasteiger partial charge in [-0.2, -0.15) is 0 Å². The maximum atomic E-state index is 5.66. The van der Waals surface area contributed by atoms with Gasteiger partial charge < -0.3 is 0 Å². The van der Waals surface area contributed by atoms with Crippen molar-refractivity contribution < 1.29 is 3.96 Å². The summed E-state index contributed by atoms with van der Waals surface area (Å²) < 4.78 is 2.23. The molecular weight excluding hydrogens is 200 g/mol. The van der Waals surface area contributed by atoms with Gasteiger partial charge in [-0.3, -0.25) is 0 Å². The van der Waals surface area contributed by atoms with Gasteiger partial charge >= 0.3 is 5.15 Å². The first-order chi connectivity index (χ1) is 4.13. The van der Waals surface area contributed by atoms with Gasteiger partial charge in [-0.1, -0.05) is 23.2 Å². The van der Waals surface area contributed by atoms with Crippen molar-refractivity contribution in [2.45, 2.75) is 0 Å². The predicted molar refractivity (Wildman–Crippen MR) is 40.5 cm³/mol. The molecule has 1 aromatic heterocycles. The Hall–Kier alpha value is 0.500. The average Bonchev–Trinajstić information content (AvgIpc) is 1.98. The Labute approximate surface area is 71.9 Å². The lowest BCUT2D eigenvalue weighted by atomic mass is 10.7. The normalized spacial score (nSPS) is 10.2. The Morgan fingerprint density at radius 1 is 1.33 bits per heavy atom. The number of aryl methyl sites for hydroxylation is 1. The Bertz CT molecular complexity index is 209. The van der Waals surface area contributed by atoms with Gasteiger partial charge in [0.2, 0.25) is 0 Å². The number of hydrogen-bond acceptors (Lipinski definition) is 1. The maximum absolute atomic E-state index is 5.66. The lowest BCUT2D eigenvalue weighted by Crippen LogP contribution is -2.21. The molecule has 1 aromatic rings. The van der Waals surface area contributed by atoms with Crippen molar-refractivity contribution in [3.8, 4) is 0 Å². The van der Waals surface area contributed by atoms with Gasteiger partial charge in [0.1, 0.15) is 0 Å². The van der Waals surface area contributed by atoms with Crippen LogP contribution in [-0.4, -0.2) is 0 Å². The van der Waals surface area contributed by atoms with Crippen LogP contribution in [0.2, 0.25) is 14.5 Å². The van der Waals surface area contributed by atoms with E-state index in [9.17, 15) is 0 Å². The second-order valence-electron chi connectivity index (χ2n) is 1.47.